The van der Waals surface area contributed by atoms with E-state index in [0.717, 1.165) is 46.9 Å². The van der Waals surface area contributed by atoms with Gasteiger partial charge in [-0.2, -0.15) is 5.10 Å². The van der Waals surface area contributed by atoms with Gasteiger partial charge in [0.2, 0.25) is 0 Å². The molecular weight excluding hydrogens is 430 g/mol. The van der Waals surface area contributed by atoms with Crippen molar-refractivity contribution >= 4 is 21.8 Å². The average molecular weight is 460 g/mol. The fourth-order valence-electron chi connectivity index (χ4n) is 5.06. The first-order chi connectivity index (χ1) is 14.0. The molecule has 2 aliphatic rings. The Morgan fingerprint density at radius 3 is 2.72 bits per heavy atom. The zero-order valence-corrected chi connectivity index (χ0v) is 18.8. The number of hydrogen-bond donors (Lipinski definition) is 2. The lowest BCUT2D eigenvalue weighted by atomic mass is 9.74. The zero-order chi connectivity index (χ0) is 20.4. The molecule has 3 heterocycles. The number of carbonyl (C=O) groups is 1. The van der Waals surface area contributed by atoms with Crippen molar-refractivity contribution in [1.82, 2.24) is 25.4 Å². The summed E-state index contributed by atoms with van der Waals surface area (Å²) in [5, 5.41) is 11.0. The molecule has 2 atom stereocenters. The fourth-order valence-corrected chi connectivity index (χ4v) is 5.62. The van der Waals surface area contributed by atoms with Crippen LogP contribution in [-0.2, 0) is 7.05 Å². The van der Waals surface area contributed by atoms with E-state index in [0.29, 0.717) is 11.6 Å². The molecule has 156 valence electrons. The van der Waals surface area contributed by atoms with E-state index in [4.69, 9.17) is 0 Å². The molecule has 1 aliphatic carbocycles. The minimum atomic E-state index is -0.0711. The Morgan fingerprint density at radius 1 is 1.24 bits per heavy atom. The Morgan fingerprint density at radius 2 is 2.03 bits per heavy atom. The number of rotatable bonds is 4. The van der Waals surface area contributed by atoms with Gasteiger partial charge < -0.3 is 10.6 Å². The van der Waals surface area contributed by atoms with E-state index in [-0.39, 0.29) is 11.9 Å². The van der Waals surface area contributed by atoms with E-state index in [1.807, 2.05) is 30.8 Å². The van der Waals surface area contributed by atoms with Crippen molar-refractivity contribution in [2.24, 2.45) is 18.9 Å². The predicted octanol–water partition coefficient (Wildman–Crippen LogP) is 3.84. The fraction of sp³-hybridized carbons (Fsp3) is 0.591. The van der Waals surface area contributed by atoms with E-state index in [1.165, 1.54) is 32.1 Å². The minimum absolute atomic E-state index is 0.0711. The van der Waals surface area contributed by atoms with Crippen molar-refractivity contribution in [1.29, 1.82) is 0 Å². The Hall–Kier alpha value is -1.73. The second-order valence-electron chi connectivity index (χ2n) is 8.43. The Kier molecular flexibility index (Phi) is 6.35. The standard InChI is InChI=1S/C22H30BrN5O/c1-14-16(21-18(23)12-25-28(21)2)8-9-19(26-14)22(29)27-20-13-24-11-10-17(20)15-6-4-3-5-7-15/h8-9,12,15,17,20,24H,3-7,10-11,13H2,1-2H3,(H,27,29)/t17-,20+/m1/s1. The summed E-state index contributed by atoms with van der Waals surface area (Å²) in [5.41, 5.74) is 3.26. The van der Waals surface area contributed by atoms with Crippen LogP contribution in [0.5, 0.6) is 0 Å². The second kappa shape index (κ2) is 8.96. The van der Waals surface area contributed by atoms with Crippen LogP contribution in [0, 0.1) is 18.8 Å². The molecule has 2 N–H and O–H groups in total. The highest BCUT2D eigenvalue weighted by Crippen LogP contribution is 2.35. The van der Waals surface area contributed by atoms with Crippen molar-refractivity contribution in [3.63, 3.8) is 0 Å². The van der Waals surface area contributed by atoms with Crippen LogP contribution in [0.4, 0.5) is 0 Å². The predicted molar refractivity (Wildman–Crippen MR) is 118 cm³/mol. The van der Waals surface area contributed by atoms with Gasteiger partial charge in [-0.1, -0.05) is 32.1 Å². The van der Waals surface area contributed by atoms with Crippen LogP contribution in [0.15, 0.2) is 22.8 Å². The van der Waals surface area contributed by atoms with Crippen LogP contribution >= 0.6 is 15.9 Å². The first kappa shape index (κ1) is 20.5. The second-order valence-corrected chi connectivity index (χ2v) is 9.28. The number of aryl methyl sites for hydroxylation is 2. The monoisotopic (exact) mass is 459 g/mol. The molecule has 0 spiro atoms. The summed E-state index contributed by atoms with van der Waals surface area (Å²) in [4.78, 5) is 17.6. The first-order valence-corrected chi connectivity index (χ1v) is 11.5. The molecule has 2 fully saturated rings. The first-order valence-electron chi connectivity index (χ1n) is 10.7. The van der Waals surface area contributed by atoms with E-state index in [1.54, 1.807) is 6.20 Å². The maximum absolute atomic E-state index is 13.0. The number of pyridine rings is 1. The highest BCUT2D eigenvalue weighted by Gasteiger charge is 2.33. The van der Waals surface area contributed by atoms with Gasteiger partial charge in [0.15, 0.2) is 0 Å². The lowest BCUT2D eigenvalue weighted by Crippen LogP contribution is -2.53. The highest BCUT2D eigenvalue weighted by molar-refractivity contribution is 9.10. The van der Waals surface area contributed by atoms with Gasteiger partial charge >= 0.3 is 0 Å². The summed E-state index contributed by atoms with van der Waals surface area (Å²) in [5.74, 6) is 1.25. The van der Waals surface area contributed by atoms with Crippen LogP contribution in [0.3, 0.4) is 0 Å². The Bertz CT molecular complexity index is 855. The van der Waals surface area contributed by atoms with Gasteiger partial charge in [0.05, 0.1) is 16.4 Å². The molecule has 0 unspecified atom stereocenters. The lowest BCUT2D eigenvalue weighted by Gasteiger charge is -2.39. The highest BCUT2D eigenvalue weighted by atomic mass is 79.9. The Labute approximate surface area is 181 Å². The molecule has 0 bridgehead atoms. The van der Waals surface area contributed by atoms with Gasteiger partial charge in [-0.25, -0.2) is 4.98 Å². The number of halogens is 1. The topological polar surface area (TPSA) is 71.8 Å². The van der Waals surface area contributed by atoms with Crippen molar-refractivity contribution < 1.29 is 4.79 Å². The summed E-state index contributed by atoms with van der Waals surface area (Å²) in [6.45, 7) is 3.85. The van der Waals surface area contributed by atoms with Crippen LogP contribution in [-0.4, -0.2) is 39.8 Å². The van der Waals surface area contributed by atoms with Crippen LogP contribution < -0.4 is 10.6 Å². The van der Waals surface area contributed by atoms with E-state index in [9.17, 15) is 4.79 Å². The number of aromatic nitrogens is 3. The molecule has 4 rings (SSSR count). The van der Waals surface area contributed by atoms with Gasteiger partial charge in [-0.05, 0) is 59.8 Å². The third kappa shape index (κ3) is 4.40. The summed E-state index contributed by atoms with van der Waals surface area (Å²) < 4.78 is 2.74. The molecule has 7 heteroatoms. The molecule has 1 amide bonds. The molecule has 1 saturated carbocycles. The maximum atomic E-state index is 13.0. The summed E-state index contributed by atoms with van der Waals surface area (Å²) in [6.07, 6.45) is 9.57. The van der Waals surface area contributed by atoms with Gasteiger partial charge in [0, 0.05) is 30.9 Å². The molecule has 0 aromatic carbocycles. The molecule has 29 heavy (non-hydrogen) atoms. The van der Waals surface area contributed by atoms with E-state index >= 15 is 0 Å². The SMILES string of the molecule is Cc1nc(C(=O)N[C@H]2CNCC[C@@H]2C2CCCCC2)ccc1-c1c(Br)cnn1C. The lowest BCUT2D eigenvalue weighted by molar-refractivity contribution is 0.0867. The minimum Gasteiger partial charge on any atom is -0.346 e. The van der Waals surface area contributed by atoms with Crippen LogP contribution in [0.2, 0.25) is 0 Å². The number of nitrogens with zero attached hydrogens (tertiary/aromatic N) is 3. The molecule has 2 aromatic heterocycles. The van der Waals surface area contributed by atoms with Gasteiger partial charge in [0.1, 0.15) is 5.69 Å². The summed E-state index contributed by atoms with van der Waals surface area (Å²) in [7, 11) is 1.90. The molecule has 2 aromatic rings. The van der Waals surface area contributed by atoms with Crippen LogP contribution in [0.25, 0.3) is 11.3 Å². The van der Waals surface area contributed by atoms with E-state index < -0.39 is 0 Å². The zero-order valence-electron chi connectivity index (χ0n) is 17.2. The van der Waals surface area contributed by atoms with Crippen LogP contribution in [0.1, 0.15) is 54.7 Å². The van der Waals surface area contributed by atoms with Gasteiger partial charge in [-0.15, -0.1) is 0 Å². The smallest absolute Gasteiger partial charge is 0.270 e. The number of nitrogens with one attached hydrogen (secondary N) is 2. The van der Waals surface area contributed by atoms with Gasteiger partial charge in [-0.3, -0.25) is 9.48 Å². The largest absolute Gasteiger partial charge is 0.346 e. The van der Waals surface area contributed by atoms with Crippen molar-refractivity contribution in [3.05, 3.63) is 34.2 Å². The quantitative estimate of drug-likeness (QED) is 0.728. The average Bonchev–Trinajstić information content (AvgIpc) is 3.07. The third-order valence-corrected chi connectivity index (χ3v) is 7.16. The van der Waals surface area contributed by atoms with Crippen molar-refractivity contribution in [2.75, 3.05) is 13.1 Å². The van der Waals surface area contributed by atoms with Crippen molar-refractivity contribution in [2.45, 2.75) is 51.5 Å². The van der Waals surface area contributed by atoms with E-state index in [2.05, 4.69) is 36.6 Å². The number of piperidine rings is 1. The van der Waals surface area contributed by atoms with Gasteiger partial charge in [0.25, 0.3) is 5.91 Å². The van der Waals surface area contributed by atoms with Crippen molar-refractivity contribution in [3.8, 4) is 11.3 Å². The molecule has 1 aliphatic heterocycles. The number of amides is 1. The Balaban J connectivity index is 1.49. The molecular formula is C22H30BrN5O. The molecule has 1 saturated heterocycles. The molecule has 0 radical (unpaired) electrons. The number of hydrogen-bond acceptors (Lipinski definition) is 4. The number of carbonyl (C=O) groups excluding carboxylic acids is 1. The summed E-state index contributed by atoms with van der Waals surface area (Å²) >= 11 is 3.55. The normalized spacial score (nSPS) is 23.1. The summed E-state index contributed by atoms with van der Waals surface area (Å²) in [6, 6.07) is 3.98. The molecule has 6 nitrogen and oxygen atoms in total. The maximum Gasteiger partial charge on any atom is 0.270 e. The third-order valence-electron chi connectivity index (χ3n) is 6.58.